The number of ether oxygens (including phenoxy) is 1. The van der Waals surface area contributed by atoms with Crippen molar-refractivity contribution in [1.29, 1.82) is 0 Å². The second-order valence-electron chi connectivity index (χ2n) is 6.09. The average Bonchev–Trinajstić information content (AvgIpc) is 3.02. The fourth-order valence-electron chi connectivity index (χ4n) is 3.04. The molecule has 3 heteroatoms. The first-order chi connectivity index (χ1) is 9.59. The van der Waals surface area contributed by atoms with Crippen molar-refractivity contribution in [3.8, 4) is 0 Å². The Balaban J connectivity index is 1.75. The number of thiophene rings is 1. The number of hydrogen-bond acceptors (Lipinski definition) is 3. The Morgan fingerprint density at radius 2 is 2.20 bits per heavy atom. The topological polar surface area (TPSA) is 21.3 Å². The molecule has 2 nitrogen and oxygen atoms in total. The number of benzene rings is 1. The van der Waals surface area contributed by atoms with E-state index >= 15 is 0 Å². The third-order valence-electron chi connectivity index (χ3n) is 4.36. The van der Waals surface area contributed by atoms with Crippen molar-refractivity contribution >= 4 is 21.4 Å². The van der Waals surface area contributed by atoms with E-state index in [0.29, 0.717) is 6.04 Å². The quantitative estimate of drug-likeness (QED) is 0.899. The largest absolute Gasteiger partial charge is 0.374 e. The highest BCUT2D eigenvalue weighted by molar-refractivity contribution is 7.19. The molecule has 0 amide bonds. The van der Waals surface area contributed by atoms with E-state index in [-0.39, 0.29) is 5.60 Å². The van der Waals surface area contributed by atoms with Crippen LogP contribution in [-0.2, 0) is 4.74 Å². The summed E-state index contributed by atoms with van der Waals surface area (Å²) in [6.07, 6.45) is 2.35. The van der Waals surface area contributed by atoms with Crippen molar-refractivity contribution in [2.24, 2.45) is 0 Å². The van der Waals surface area contributed by atoms with Crippen LogP contribution >= 0.6 is 11.3 Å². The van der Waals surface area contributed by atoms with Crippen molar-refractivity contribution in [1.82, 2.24) is 5.32 Å². The van der Waals surface area contributed by atoms with Crippen LogP contribution in [0.15, 0.2) is 24.3 Å². The zero-order chi connectivity index (χ0) is 14.2. The van der Waals surface area contributed by atoms with Gasteiger partial charge in [-0.3, -0.25) is 0 Å². The normalized spacial score (nSPS) is 24.4. The summed E-state index contributed by atoms with van der Waals surface area (Å²) in [4.78, 5) is 1.45. The van der Waals surface area contributed by atoms with Gasteiger partial charge in [0.15, 0.2) is 0 Å². The Morgan fingerprint density at radius 3 is 2.90 bits per heavy atom. The van der Waals surface area contributed by atoms with Gasteiger partial charge in [-0.05, 0) is 50.6 Å². The summed E-state index contributed by atoms with van der Waals surface area (Å²) >= 11 is 1.91. The first-order valence-corrected chi connectivity index (χ1v) is 8.26. The summed E-state index contributed by atoms with van der Waals surface area (Å²) in [5, 5.41) is 5.06. The van der Waals surface area contributed by atoms with Gasteiger partial charge in [0, 0.05) is 28.8 Å². The van der Waals surface area contributed by atoms with Gasteiger partial charge in [0.2, 0.25) is 0 Å². The smallest absolute Gasteiger partial charge is 0.0779 e. The first-order valence-electron chi connectivity index (χ1n) is 7.44. The van der Waals surface area contributed by atoms with E-state index in [1.807, 2.05) is 11.3 Å². The second kappa shape index (κ2) is 5.47. The van der Waals surface area contributed by atoms with Crippen LogP contribution in [0.25, 0.3) is 10.1 Å². The molecule has 2 heterocycles. The average molecular weight is 289 g/mol. The molecule has 1 saturated heterocycles. The Morgan fingerprint density at radius 1 is 1.40 bits per heavy atom. The predicted molar refractivity (Wildman–Crippen MR) is 86.6 cm³/mol. The molecule has 2 unspecified atom stereocenters. The minimum Gasteiger partial charge on any atom is -0.374 e. The van der Waals surface area contributed by atoms with Crippen molar-refractivity contribution in [2.45, 2.75) is 45.3 Å². The number of aryl methyl sites for hydroxylation is 1. The summed E-state index contributed by atoms with van der Waals surface area (Å²) in [7, 11) is 0. The molecule has 1 aromatic heterocycles. The molecule has 0 bridgehead atoms. The zero-order valence-corrected chi connectivity index (χ0v) is 13.3. The lowest BCUT2D eigenvalue weighted by molar-refractivity contribution is 0.0191. The molecule has 1 fully saturated rings. The molecule has 1 N–H and O–H groups in total. The molecule has 0 radical (unpaired) electrons. The molecular weight excluding hydrogens is 266 g/mol. The lowest BCUT2D eigenvalue weighted by Crippen LogP contribution is -2.38. The monoisotopic (exact) mass is 289 g/mol. The van der Waals surface area contributed by atoms with Crippen molar-refractivity contribution in [2.75, 3.05) is 13.2 Å². The van der Waals surface area contributed by atoms with Crippen molar-refractivity contribution in [3.05, 3.63) is 34.7 Å². The summed E-state index contributed by atoms with van der Waals surface area (Å²) in [6.45, 7) is 8.56. The van der Waals surface area contributed by atoms with Crippen LogP contribution in [0.3, 0.4) is 0 Å². The fraction of sp³-hybridized carbons (Fsp3) is 0.529. The maximum Gasteiger partial charge on any atom is 0.0779 e. The maximum absolute atomic E-state index is 5.86. The van der Waals surface area contributed by atoms with Gasteiger partial charge >= 0.3 is 0 Å². The number of fused-ring (bicyclic) bond motifs is 1. The van der Waals surface area contributed by atoms with Gasteiger partial charge < -0.3 is 10.1 Å². The van der Waals surface area contributed by atoms with Crippen LogP contribution in [0.5, 0.6) is 0 Å². The number of hydrogen-bond donors (Lipinski definition) is 1. The van der Waals surface area contributed by atoms with Crippen LogP contribution in [0.4, 0.5) is 0 Å². The highest BCUT2D eigenvalue weighted by atomic mass is 32.1. The molecule has 0 aliphatic carbocycles. The molecule has 108 valence electrons. The molecule has 20 heavy (non-hydrogen) atoms. The summed E-state index contributed by atoms with van der Waals surface area (Å²) in [5.41, 5.74) is 1.45. The van der Waals surface area contributed by atoms with E-state index in [9.17, 15) is 0 Å². The Labute approximate surface area is 125 Å². The molecule has 1 aliphatic rings. The number of nitrogens with one attached hydrogen (secondary N) is 1. The van der Waals surface area contributed by atoms with Crippen LogP contribution in [0.2, 0.25) is 0 Å². The summed E-state index contributed by atoms with van der Waals surface area (Å²) < 4.78 is 7.24. The standard InChI is InChI=1S/C17H23NOS/c1-12-14-7-4-5-8-15(14)20-16(12)13(2)18-11-17(3)9-6-10-19-17/h4-5,7-8,13,18H,6,9-11H2,1-3H3. The van der Waals surface area contributed by atoms with E-state index in [1.165, 1.54) is 26.9 Å². The van der Waals surface area contributed by atoms with E-state index in [1.54, 1.807) is 0 Å². The molecule has 1 aromatic carbocycles. The van der Waals surface area contributed by atoms with Crippen LogP contribution in [0, 0.1) is 6.92 Å². The van der Waals surface area contributed by atoms with Crippen LogP contribution in [-0.4, -0.2) is 18.8 Å². The summed E-state index contributed by atoms with van der Waals surface area (Å²) in [6, 6.07) is 9.06. The highest BCUT2D eigenvalue weighted by Gasteiger charge is 2.30. The lowest BCUT2D eigenvalue weighted by atomic mass is 10.0. The van der Waals surface area contributed by atoms with Crippen molar-refractivity contribution < 1.29 is 4.74 Å². The molecule has 2 aromatic rings. The predicted octanol–water partition coefficient (Wildman–Crippen LogP) is 4.43. The van der Waals surface area contributed by atoms with Gasteiger partial charge in [0.05, 0.1) is 5.60 Å². The van der Waals surface area contributed by atoms with Gasteiger partial charge in [0.1, 0.15) is 0 Å². The third-order valence-corrected chi connectivity index (χ3v) is 5.81. The molecule has 2 atom stereocenters. The van der Waals surface area contributed by atoms with Crippen LogP contribution < -0.4 is 5.32 Å². The van der Waals surface area contributed by atoms with E-state index in [2.05, 4.69) is 50.4 Å². The maximum atomic E-state index is 5.86. The van der Waals surface area contributed by atoms with E-state index in [4.69, 9.17) is 4.74 Å². The molecular formula is C17H23NOS. The molecule has 1 aliphatic heterocycles. The Kier molecular flexibility index (Phi) is 3.85. The first kappa shape index (κ1) is 14.1. The highest BCUT2D eigenvalue weighted by Crippen LogP contribution is 2.35. The minimum absolute atomic E-state index is 0.0266. The molecule has 0 saturated carbocycles. The second-order valence-corrected chi connectivity index (χ2v) is 7.18. The fourth-order valence-corrected chi connectivity index (χ4v) is 4.28. The SMILES string of the molecule is Cc1c(C(C)NCC2(C)CCCO2)sc2ccccc12. The lowest BCUT2D eigenvalue weighted by Gasteiger charge is -2.26. The Hall–Kier alpha value is -0.900. The van der Waals surface area contributed by atoms with Gasteiger partial charge in [-0.1, -0.05) is 18.2 Å². The number of rotatable bonds is 4. The van der Waals surface area contributed by atoms with E-state index < -0.39 is 0 Å². The Bertz CT molecular complexity index is 598. The zero-order valence-electron chi connectivity index (χ0n) is 12.5. The molecule has 0 spiro atoms. The molecule has 3 rings (SSSR count). The van der Waals surface area contributed by atoms with Crippen molar-refractivity contribution in [3.63, 3.8) is 0 Å². The third kappa shape index (κ3) is 2.62. The van der Waals surface area contributed by atoms with Gasteiger partial charge in [-0.25, -0.2) is 0 Å². The van der Waals surface area contributed by atoms with Gasteiger partial charge in [-0.15, -0.1) is 11.3 Å². The van der Waals surface area contributed by atoms with Gasteiger partial charge in [0.25, 0.3) is 0 Å². The van der Waals surface area contributed by atoms with Crippen LogP contribution in [0.1, 0.15) is 43.2 Å². The van der Waals surface area contributed by atoms with Gasteiger partial charge in [-0.2, -0.15) is 0 Å². The minimum atomic E-state index is 0.0266. The summed E-state index contributed by atoms with van der Waals surface area (Å²) in [5.74, 6) is 0. The van der Waals surface area contributed by atoms with E-state index in [0.717, 1.165) is 19.6 Å².